The van der Waals surface area contributed by atoms with E-state index in [4.69, 9.17) is 9.84 Å². The zero-order chi connectivity index (χ0) is 14.8. The first-order valence-electron chi connectivity index (χ1n) is 5.62. The Morgan fingerprint density at radius 3 is 2.32 bits per heavy atom. The minimum atomic E-state index is -3.84. The van der Waals surface area contributed by atoms with Crippen molar-refractivity contribution in [3.63, 3.8) is 0 Å². The fraction of sp³-hybridized carbons (Fsp3) is 0.417. The summed E-state index contributed by atoms with van der Waals surface area (Å²) in [6, 6.07) is 3.91. The first-order valence-corrected chi connectivity index (χ1v) is 7.06. The third kappa shape index (κ3) is 3.45. The zero-order valence-electron chi connectivity index (χ0n) is 11.2. The van der Waals surface area contributed by atoms with Crippen LogP contribution in [0.5, 0.6) is 5.75 Å². The summed E-state index contributed by atoms with van der Waals surface area (Å²) in [7, 11) is -1.15. The second kappa shape index (κ2) is 5.58. The van der Waals surface area contributed by atoms with Gasteiger partial charge < -0.3 is 9.84 Å². The lowest BCUT2D eigenvalue weighted by molar-refractivity contribution is 0.0692. The molecular formula is C12H17NO5S. The second-order valence-corrected chi connectivity index (χ2v) is 6.54. The fourth-order valence-corrected chi connectivity index (χ4v) is 2.53. The highest BCUT2D eigenvalue weighted by Gasteiger charge is 2.25. The molecule has 106 valence electrons. The maximum Gasteiger partial charge on any atom is 0.337 e. The van der Waals surface area contributed by atoms with E-state index in [1.165, 1.54) is 32.3 Å². The topological polar surface area (TPSA) is 83.9 Å². The lowest BCUT2D eigenvalue weighted by Gasteiger charge is -2.16. The van der Waals surface area contributed by atoms with Crippen molar-refractivity contribution >= 4 is 16.0 Å². The Balaban J connectivity index is 3.44. The first-order chi connectivity index (χ1) is 8.66. The van der Waals surface area contributed by atoms with Crippen LogP contribution in [0, 0.1) is 0 Å². The molecule has 0 saturated heterocycles. The number of sulfonamides is 1. The SMILES string of the molecule is CC(C)Oc1ccc(C(=O)O)c(S(=O)(=O)N(C)C)c1. The van der Waals surface area contributed by atoms with E-state index in [0.717, 1.165) is 4.31 Å². The van der Waals surface area contributed by atoms with E-state index >= 15 is 0 Å². The largest absolute Gasteiger partial charge is 0.491 e. The summed E-state index contributed by atoms with van der Waals surface area (Å²) in [5.41, 5.74) is -0.273. The van der Waals surface area contributed by atoms with Gasteiger partial charge in [-0.15, -0.1) is 0 Å². The number of benzene rings is 1. The highest BCUT2D eigenvalue weighted by atomic mass is 32.2. The molecule has 0 spiro atoms. The van der Waals surface area contributed by atoms with E-state index in [0.29, 0.717) is 5.75 Å². The number of carboxylic acid groups (broad SMARTS) is 1. The Morgan fingerprint density at radius 1 is 1.32 bits per heavy atom. The molecule has 0 saturated carbocycles. The van der Waals surface area contributed by atoms with Crippen molar-refractivity contribution in [3.8, 4) is 5.75 Å². The quantitative estimate of drug-likeness (QED) is 0.885. The molecule has 7 heteroatoms. The predicted octanol–water partition coefficient (Wildman–Crippen LogP) is 1.42. The number of aromatic carboxylic acids is 1. The van der Waals surface area contributed by atoms with E-state index in [2.05, 4.69) is 0 Å². The number of ether oxygens (including phenoxy) is 1. The van der Waals surface area contributed by atoms with Crippen molar-refractivity contribution in [2.45, 2.75) is 24.8 Å². The van der Waals surface area contributed by atoms with Crippen LogP contribution >= 0.6 is 0 Å². The molecule has 6 nitrogen and oxygen atoms in total. The molecule has 1 N–H and O–H groups in total. The normalized spacial score (nSPS) is 11.9. The van der Waals surface area contributed by atoms with E-state index in [1.807, 2.05) is 0 Å². The average molecular weight is 287 g/mol. The summed E-state index contributed by atoms with van der Waals surface area (Å²) in [6.07, 6.45) is -0.134. The second-order valence-electron chi connectivity index (χ2n) is 4.42. The Kier molecular flexibility index (Phi) is 4.54. The monoisotopic (exact) mass is 287 g/mol. The van der Waals surface area contributed by atoms with Crippen molar-refractivity contribution in [2.24, 2.45) is 0 Å². The maximum atomic E-state index is 12.1. The lowest BCUT2D eigenvalue weighted by atomic mass is 10.2. The van der Waals surface area contributed by atoms with Gasteiger partial charge in [-0.2, -0.15) is 0 Å². The Morgan fingerprint density at radius 2 is 1.89 bits per heavy atom. The van der Waals surface area contributed by atoms with Crippen molar-refractivity contribution in [1.29, 1.82) is 0 Å². The van der Waals surface area contributed by atoms with Gasteiger partial charge in [-0.3, -0.25) is 0 Å². The molecule has 19 heavy (non-hydrogen) atoms. The van der Waals surface area contributed by atoms with Crippen LogP contribution in [0.1, 0.15) is 24.2 Å². The molecule has 0 aliphatic heterocycles. The summed E-state index contributed by atoms with van der Waals surface area (Å²) in [5, 5.41) is 9.06. The van der Waals surface area contributed by atoms with E-state index in [9.17, 15) is 13.2 Å². The molecule has 0 amide bonds. The lowest BCUT2D eigenvalue weighted by Crippen LogP contribution is -2.24. The standard InChI is InChI=1S/C12H17NO5S/c1-8(2)18-9-5-6-10(12(14)15)11(7-9)19(16,17)13(3)4/h5-8H,1-4H3,(H,14,15). The van der Waals surface area contributed by atoms with Crippen LogP contribution in [0.25, 0.3) is 0 Å². The molecule has 0 unspecified atom stereocenters. The van der Waals surface area contributed by atoms with Crippen LogP contribution in [-0.2, 0) is 10.0 Å². The molecule has 0 radical (unpaired) electrons. The Bertz CT molecular complexity index is 578. The summed E-state index contributed by atoms with van der Waals surface area (Å²) in [5.74, 6) is -0.975. The summed E-state index contributed by atoms with van der Waals surface area (Å²) < 4.78 is 30.6. The van der Waals surface area contributed by atoms with E-state index in [-0.39, 0.29) is 16.6 Å². The van der Waals surface area contributed by atoms with Gasteiger partial charge in [0, 0.05) is 20.2 Å². The molecule has 1 rings (SSSR count). The molecular weight excluding hydrogens is 270 g/mol. The van der Waals surface area contributed by atoms with Crippen LogP contribution < -0.4 is 4.74 Å². The zero-order valence-corrected chi connectivity index (χ0v) is 12.1. The van der Waals surface area contributed by atoms with Gasteiger partial charge in [-0.25, -0.2) is 17.5 Å². The third-order valence-corrected chi connectivity index (χ3v) is 4.17. The van der Waals surface area contributed by atoms with Crippen LogP contribution in [-0.4, -0.2) is 44.0 Å². The van der Waals surface area contributed by atoms with Gasteiger partial charge in [-0.05, 0) is 26.0 Å². The molecule has 0 atom stereocenters. The molecule has 1 aromatic rings. The van der Waals surface area contributed by atoms with Crippen LogP contribution in [0.3, 0.4) is 0 Å². The minimum Gasteiger partial charge on any atom is -0.491 e. The predicted molar refractivity (Wildman–Crippen MR) is 70.0 cm³/mol. The van der Waals surface area contributed by atoms with Crippen molar-refractivity contribution in [3.05, 3.63) is 23.8 Å². The molecule has 0 bridgehead atoms. The number of hydrogen-bond donors (Lipinski definition) is 1. The van der Waals surface area contributed by atoms with E-state index in [1.54, 1.807) is 13.8 Å². The molecule has 0 fully saturated rings. The Labute approximate surface area is 112 Å². The number of carboxylic acids is 1. The van der Waals surface area contributed by atoms with Gasteiger partial charge in [-0.1, -0.05) is 0 Å². The average Bonchev–Trinajstić information content (AvgIpc) is 2.27. The van der Waals surface area contributed by atoms with Crippen molar-refractivity contribution < 1.29 is 23.1 Å². The molecule has 1 aromatic carbocycles. The number of rotatable bonds is 5. The van der Waals surface area contributed by atoms with Crippen LogP contribution in [0.4, 0.5) is 0 Å². The first kappa shape index (κ1) is 15.5. The van der Waals surface area contributed by atoms with Crippen molar-refractivity contribution in [2.75, 3.05) is 14.1 Å². The van der Waals surface area contributed by atoms with Crippen LogP contribution in [0.2, 0.25) is 0 Å². The molecule has 0 heterocycles. The molecule has 0 aliphatic rings. The third-order valence-electron chi connectivity index (χ3n) is 2.31. The molecule has 0 aromatic heterocycles. The van der Waals surface area contributed by atoms with Crippen molar-refractivity contribution in [1.82, 2.24) is 4.31 Å². The fourth-order valence-electron chi connectivity index (χ4n) is 1.43. The van der Waals surface area contributed by atoms with Crippen LogP contribution in [0.15, 0.2) is 23.1 Å². The van der Waals surface area contributed by atoms with Gasteiger partial charge in [0.2, 0.25) is 10.0 Å². The Hall–Kier alpha value is -1.60. The van der Waals surface area contributed by atoms with E-state index < -0.39 is 16.0 Å². The highest BCUT2D eigenvalue weighted by molar-refractivity contribution is 7.89. The summed E-state index contributed by atoms with van der Waals surface area (Å²) in [4.78, 5) is 10.8. The maximum absolute atomic E-state index is 12.1. The summed E-state index contributed by atoms with van der Waals surface area (Å²) in [6.45, 7) is 3.59. The summed E-state index contributed by atoms with van der Waals surface area (Å²) >= 11 is 0. The number of nitrogens with zero attached hydrogens (tertiary/aromatic N) is 1. The minimum absolute atomic E-state index is 0.134. The number of hydrogen-bond acceptors (Lipinski definition) is 4. The van der Waals surface area contributed by atoms with Gasteiger partial charge in [0.1, 0.15) is 10.6 Å². The van der Waals surface area contributed by atoms with Gasteiger partial charge in [0.15, 0.2) is 0 Å². The number of carbonyl (C=O) groups is 1. The smallest absolute Gasteiger partial charge is 0.337 e. The molecule has 0 aliphatic carbocycles. The van der Waals surface area contributed by atoms with Gasteiger partial charge >= 0.3 is 5.97 Å². The van der Waals surface area contributed by atoms with Gasteiger partial charge in [0.05, 0.1) is 11.7 Å². The van der Waals surface area contributed by atoms with Gasteiger partial charge in [0.25, 0.3) is 0 Å². The highest BCUT2D eigenvalue weighted by Crippen LogP contribution is 2.25.